The fraction of sp³-hybridized carbons (Fsp3) is 0.0149. The van der Waals surface area contributed by atoms with E-state index in [9.17, 15) is 4.39 Å². The predicted molar refractivity (Wildman–Crippen MR) is 305 cm³/mol. The molecule has 83 heavy (non-hydrogen) atoms. The second-order valence-electron chi connectivity index (χ2n) is 19.6. The Bertz CT molecular complexity index is 4750. The Morgan fingerprint density at radius 3 is 0.940 bits per heavy atom. The number of fused-ring (bicyclic) bond motifs is 6. The van der Waals surface area contributed by atoms with Crippen LogP contribution in [0.5, 0.6) is 0 Å². The Morgan fingerprint density at radius 2 is 0.578 bits per heavy atom. The normalized spacial score (nSPS) is 11.9. The van der Waals surface area contributed by atoms with Crippen LogP contribution in [0.25, 0.3) is 134 Å². The first-order valence-electron chi connectivity index (χ1n) is 26.0. The number of benzene rings is 10. The van der Waals surface area contributed by atoms with E-state index >= 15 is 30.7 Å². The van der Waals surface area contributed by atoms with Gasteiger partial charge in [0.2, 0.25) is 5.82 Å². The van der Waals surface area contributed by atoms with Crippen molar-refractivity contribution in [3.63, 3.8) is 0 Å². The zero-order valence-corrected chi connectivity index (χ0v) is 42.9. The molecule has 0 aliphatic carbocycles. The number of aromatic nitrogens is 8. The molecule has 0 aliphatic rings. The summed E-state index contributed by atoms with van der Waals surface area (Å²) in [5.74, 6) is -10.4. The molecule has 0 unspecified atom stereocenters. The highest BCUT2D eigenvalue weighted by atomic mass is 19.4. The third-order valence-electron chi connectivity index (χ3n) is 14.6. The SMILES string of the molecule is Fc1c(F)c(F)c(-c2cc(-n3c4ccccc4c4ccc(-c5nc(-c6ccccc6)nc(-c6ccccc6)n5)cc43)c(-n3c4ccccc4c4ccc(-c5nc(-c6ccccc6)nc(-c6ccccc6)n5)cc43)cc2C(F)(F)F)c(F)c1F. The molecule has 4 heterocycles. The predicted octanol–water partition coefficient (Wildman–Crippen LogP) is 17.6. The van der Waals surface area contributed by atoms with Crippen LogP contribution in [0.4, 0.5) is 35.1 Å². The number of halogens is 8. The van der Waals surface area contributed by atoms with E-state index < -0.39 is 52.0 Å². The molecule has 0 bridgehead atoms. The first kappa shape index (κ1) is 50.5. The van der Waals surface area contributed by atoms with Gasteiger partial charge in [-0.3, -0.25) is 0 Å². The van der Waals surface area contributed by atoms with Gasteiger partial charge < -0.3 is 9.13 Å². The van der Waals surface area contributed by atoms with Crippen molar-refractivity contribution >= 4 is 43.6 Å². The third kappa shape index (κ3) is 8.61. The van der Waals surface area contributed by atoms with Crippen LogP contribution in [0.3, 0.4) is 0 Å². The Balaban J connectivity index is 1.09. The van der Waals surface area contributed by atoms with E-state index in [0.29, 0.717) is 106 Å². The lowest BCUT2D eigenvalue weighted by Crippen LogP contribution is -2.14. The maximum atomic E-state index is 16.3. The van der Waals surface area contributed by atoms with Crippen molar-refractivity contribution in [2.24, 2.45) is 0 Å². The lowest BCUT2D eigenvalue weighted by molar-refractivity contribution is -0.137. The molecule has 0 N–H and O–H groups in total. The van der Waals surface area contributed by atoms with Crippen LogP contribution in [0.15, 0.2) is 218 Å². The van der Waals surface area contributed by atoms with Crippen molar-refractivity contribution in [2.45, 2.75) is 6.18 Å². The van der Waals surface area contributed by atoms with Gasteiger partial charge in [0.05, 0.1) is 44.6 Å². The summed E-state index contributed by atoms with van der Waals surface area (Å²) in [6.45, 7) is 0. The molecule has 0 radical (unpaired) electrons. The fourth-order valence-electron chi connectivity index (χ4n) is 10.8. The largest absolute Gasteiger partial charge is 0.417 e. The van der Waals surface area contributed by atoms with Gasteiger partial charge in [0, 0.05) is 60.5 Å². The highest BCUT2D eigenvalue weighted by Gasteiger charge is 2.39. The van der Waals surface area contributed by atoms with E-state index in [-0.39, 0.29) is 23.0 Å². The van der Waals surface area contributed by atoms with Gasteiger partial charge in [-0.1, -0.05) is 182 Å². The Hall–Kier alpha value is -10.7. The zero-order valence-electron chi connectivity index (χ0n) is 42.9. The van der Waals surface area contributed by atoms with Crippen molar-refractivity contribution < 1.29 is 35.1 Å². The van der Waals surface area contributed by atoms with Gasteiger partial charge in [-0.2, -0.15) is 13.2 Å². The molecule has 0 atom stereocenters. The molecule has 0 fully saturated rings. The molecule has 400 valence electrons. The lowest BCUT2D eigenvalue weighted by Gasteiger charge is -2.23. The molecule has 16 heteroatoms. The summed E-state index contributed by atoms with van der Waals surface area (Å²) in [5.41, 5.74) is 0.0633. The van der Waals surface area contributed by atoms with Crippen LogP contribution in [0, 0.1) is 29.1 Å². The minimum absolute atomic E-state index is 0.142. The van der Waals surface area contributed by atoms with Gasteiger partial charge in [-0.15, -0.1) is 0 Å². The van der Waals surface area contributed by atoms with E-state index in [0.717, 1.165) is 6.07 Å². The maximum absolute atomic E-state index is 16.3. The summed E-state index contributed by atoms with van der Waals surface area (Å²) in [7, 11) is 0. The Labute approximate surface area is 466 Å². The highest BCUT2D eigenvalue weighted by Crippen LogP contribution is 2.47. The molecular weight excluding hydrogens is 1070 g/mol. The van der Waals surface area contributed by atoms with Crippen LogP contribution in [0.2, 0.25) is 0 Å². The van der Waals surface area contributed by atoms with Gasteiger partial charge >= 0.3 is 6.18 Å². The van der Waals surface area contributed by atoms with Crippen molar-refractivity contribution in [1.29, 1.82) is 0 Å². The number of hydrogen-bond acceptors (Lipinski definition) is 6. The molecule has 0 spiro atoms. The van der Waals surface area contributed by atoms with Crippen LogP contribution < -0.4 is 0 Å². The van der Waals surface area contributed by atoms with E-state index in [2.05, 4.69) is 0 Å². The average Bonchev–Trinajstić information content (AvgIpc) is 2.35. The molecule has 14 aromatic rings. The highest BCUT2D eigenvalue weighted by molar-refractivity contribution is 6.13. The molecule has 8 nitrogen and oxygen atoms in total. The summed E-state index contributed by atoms with van der Waals surface area (Å²) in [6, 6.07) is 63.4. The summed E-state index contributed by atoms with van der Waals surface area (Å²) < 4.78 is 130. The zero-order chi connectivity index (χ0) is 56.7. The third-order valence-corrected chi connectivity index (χ3v) is 14.6. The van der Waals surface area contributed by atoms with Crippen molar-refractivity contribution in [2.75, 3.05) is 0 Å². The number of hydrogen-bond donors (Lipinski definition) is 0. The summed E-state index contributed by atoms with van der Waals surface area (Å²) in [4.78, 5) is 29.4. The summed E-state index contributed by atoms with van der Waals surface area (Å²) in [5, 5.41) is 2.37. The van der Waals surface area contributed by atoms with Gasteiger partial charge in [0.1, 0.15) is 0 Å². The van der Waals surface area contributed by atoms with Crippen LogP contribution in [-0.2, 0) is 6.18 Å². The number of rotatable bonds is 9. The molecule has 4 aromatic heterocycles. The smallest absolute Gasteiger partial charge is 0.307 e. The van der Waals surface area contributed by atoms with Crippen LogP contribution in [-0.4, -0.2) is 39.0 Å². The number of alkyl halides is 3. The van der Waals surface area contributed by atoms with Gasteiger partial charge in [0.15, 0.2) is 58.2 Å². The first-order chi connectivity index (χ1) is 40.4. The van der Waals surface area contributed by atoms with Gasteiger partial charge in [0.25, 0.3) is 0 Å². The minimum atomic E-state index is -5.46. The van der Waals surface area contributed by atoms with Crippen molar-refractivity contribution in [1.82, 2.24) is 39.0 Å². The molecule has 0 aliphatic heterocycles. The Morgan fingerprint density at radius 1 is 0.277 bits per heavy atom. The monoisotopic (exact) mass is 1100 g/mol. The van der Waals surface area contributed by atoms with E-state index in [1.54, 1.807) is 94.1 Å². The fourth-order valence-corrected chi connectivity index (χ4v) is 10.8. The van der Waals surface area contributed by atoms with Crippen LogP contribution in [0.1, 0.15) is 5.56 Å². The molecular formula is C67H36F8N8. The quantitative estimate of drug-likeness (QED) is 0.0813. The standard InChI is InChI=1S/C67H36F8N8/c68-56-55(57(69)59(71)60(72)58(56)70)47-35-53(82-49-27-15-13-25-43(49)45-31-29-41(33-51(45)82)65-78-61(37-17-5-1-6-18-37)76-62(79-65)38-19-7-2-8-20-38)54(36-48(47)67(73,74)75)83-50-28-16-14-26-44(50)46-32-30-42(34-52(46)83)66-80-63(39-21-9-3-10-22-39)77-64(81-66)40-23-11-4-12-24-40/h1-36H. The average molecular weight is 1110 g/mol. The molecule has 0 saturated heterocycles. The first-order valence-corrected chi connectivity index (χ1v) is 26.0. The van der Waals surface area contributed by atoms with Crippen molar-refractivity contribution in [3.05, 3.63) is 253 Å². The van der Waals surface area contributed by atoms with E-state index in [1.165, 1.54) is 0 Å². The Kier molecular flexibility index (Phi) is 12.0. The van der Waals surface area contributed by atoms with Crippen molar-refractivity contribution in [3.8, 4) is 90.8 Å². The minimum Gasteiger partial charge on any atom is -0.307 e. The second kappa shape index (κ2) is 19.8. The maximum Gasteiger partial charge on any atom is 0.417 e. The molecule has 0 saturated carbocycles. The van der Waals surface area contributed by atoms with Crippen LogP contribution >= 0.6 is 0 Å². The summed E-state index contributed by atoms with van der Waals surface area (Å²) >= 11 is 0. The van der Waals surface area contributed by atoms with Gasteiger partial charge in [-0.05, 0) is 36.4 Å². The number of para-hydroxylation sites is 2. The number of nitrogens with zero attached hydrogens (tertiary/aromatic N) is 8. The van der Waals surface area contributed by atoms with E-state index in [4.69, 9.17) is 29.9 Å². The lowest BCUT2D eigenvalue weighted by atomic mass is 9.95. The molecule has 14 rings (SSSR count). The molecule has 0 amide bonds. The van der Waals surface area contributed by atoms with E-state index in [1.807, 2.05) is 121 Å². The topological polar surface area (TPSA) is 87.2 Å². The second-order valence-corrected chi connectivity index (χ2v) is 19.6. The summed E-state index contributed by atoms with van der Waals surface area (Å²) in [6.07, 6.45) is -5.46. The molecule has 10 aromatic carbocycles. The van der Waals surface area contributed by atoms with Gasteiger partial charge in [-0.25, -0.2) is 51.9 Å².